The number of likely N-dealkylation sites (tertiary alicyclic amines) is 1. The van der Waals surface area contributed by atoms with Crippen LogP contribution in [0.2, 0.25) is 0 Å². The molecule has 2 aliphatic heterocycles. The molecule has 100 valence electrons. The summed E-state index contributed by atoms with van der Waals surface area (Å²) in [6, 6.07) is 0. The van der Waals surface area contributed by atoms with Gasteiger partial charge in [0.25, 0.3) is 0 Å². The van der Waals surface area contributed by atoms with Gasteiger partial charge in [-0.2, -0.15) is 0 Å². The molecule has 2 atom stereocenters. The fourth-order valence-electron chi connectivity index (χ4n) is 3.03. The van der Waals surface area contributed by atoms with E-state index in [0.29, 0.717) is 12.7 Å². The van der Waals surface area contributed by atoms with Gasteiger partial charge < -0.3 is 19.5 Å². The first-order valence-corrected chi connectivity index (χ1v) is 6.72. The Balaban J connectivity index is 1.88. The third-order valence-electron chi connectivity index (χ3n) is 4.09. The average Bonchev–Trinajstić information content (AvgIpc) is 2.40. The van der Waals surface area contributed by atoms with Crippen LogP contribution in [0.15, 0.2) is 0 Å². The fraction of sp³-hybridized carbons (Fsp3) is 1.00. The maximum absolute atomic E-state index is 9.66. The fourth-order valence-corrected chi connectivity index (χ4v) is 3.03. The molecule has 17 heavy (non-hydrogen) atoms. The second-order valence-corrected chi connectivity index (χ2v) is 5.55. The van der Waals surface area contributed by atoms with Crippen LogP contribution >= 0.6 is 0 Å². The lowest BCUT2D eigenvalue weighted by Gasteiger charge is -2.42. The maximum atomic E-state index is 9.66. The lowest BCUT2D eigenvalue weighted by atomic mass is 9.82. The van der Waals surface area contributed by atoms with E-state index in [4.69, 9.17) is 9.47 Å². The van der Waals surface area contributed by atoms with Crippen molar-refractivity contribution in [3.8, 4) is 0 Å². The van der Waals surface area contributed by atoms with Crippen LogP contribution in [0.1, 0.15) is 25.7 Å². The van der Waals surface area contributed by atoms with Crippen LogP contribution in [0.4, 0.5) is 0 Å². The van der Waals surface area contributed by atoms with E-state index in [-0.39, 0.29) is 12.0 Å². The second-order valence-electron chi connectivity index (χ2n) is 5.55. The number of piperidine rings is 1. The van der Waals surface area contributed by atoms with Crippen LogP contribution < -0.4 is 0 Å². The lowest BCUT2D eigenvalue weighted by Crippen LogP contribution is -2.49. The summed E-state index contributed by atoms with van der Waals surface area (Å²) in [5.41, 5.74) is -0.0338. The van der Waals surface area contributed by atoms with Gasteiger partial charge in [0, 0.05) is 32.2 Å². The van der Waals surface area contributed by atoms with Gasteiger partial charge in [0.1, 0.15) is 0 Å². The van der Waals surface area contributed by atoms with Gasteiger partial charge in [0.05, 0.1) is 19.3 Å². The zero-order chi connectivity index (χ0) is 12.1. The van der Waals surface area contributed by atoms with Crippen molar-refractivity contribution >= 4 is 0 Å². The molecule has 1 N–H and O–H groups in total. The van der Waals surface area contributed by atoms with Crippen molar-refractivity contribution in [2.45, 2.75) is 31.8 Å². The molecule has 0 spiro atoms. The Kier molecular flexibility index (Phi) is 4.79. The second kappa shape index (κ2) is 6.14. The molecular formula is C13H25NO3. The minimum atomic E-state index is -0.0338. The molecule has 2 rings (SSSR count). The lowest BCUT2D eigenvalue weighted by molar-refractivity contribution is -0.0674. The highest BCUT2D eigenvalue weighted by Gasteiger charge is 2.35. The highest BCUT2D eigenvalue weighted by Crippen LogP contribution is 2.30. The summed E-state index contributed by atoms with van der Waals surface area (Å²) in [5.74, 6) is 0. The van der Waals surface area contributed by atoms with Gasteiger partial charge in [-0.25, -0.2) is 0 Å². The van der Waals surface area contributed by atoms with Gasteiger partial charge in [-0.05, 0) is 32.2 Å². The number of ether oxygens (including phenoxy) is 2. The molecule has 0 aromatic rings. The van der Waals surface area contributed by atoms with Crippen LogP contribution in [0.25, 0.3) is 0 Å². The predicted octanol–water partition coefficient (Wildman–Crippen LogP) is 0.886. The minimum absolute atomic E-state index is 0.0338. The van der Waals surface area contributed by atoms with Crippen LogP contribution in [0.5, 0.6) is 0 Å². The topological polar surface area (TPSA) is 41.9 Å². The van der Waals surface area contributed by atoms with E-state index in [2.05, 4.69) is 4.90 Å². The van der Waals surface area contributed by atoms with Crippen LogP contribution in [-0.4, -0.2) is 62.7 Å². The number of nitrogens with zero attached hydrogens (tertiary/aromatic N) is 1. The largest absolute Gasteiger partial charge is 0.396 e. The van der Waals surface area contributed by atoms with Crippen molar-refractivity contribution in [3.63, 3.8) is 0 Å². The van der Waals surface area contributed by atoms with Crippen LogP contribution in [0.3, 0.4) is 0 Å². The Morgan fingerprint density at radius 2 is 2.35 bits per heavy atom. The molecule has 4 heteroatoms. The normalized spacial score (nSPS) is 36.0. The first-order valence-electron chi connectivity index (χ1n) is 6.72. The standard InChI is InChI=1S/C13H25NO3/c1-16-12-4-2-6-14(8-12)9-13(10-15)5-3-7-17-11-13/h12,15H,2-11H2,1H3. The summed E-state index contributed by atoms with van der Waals surface area (Å²) in [6.07, 6.45) is 4.87. The van der Waals surface area contributed by atoms with Gasteiger partial charge in [-0.3, -0.25) is 0 Å². The van der Waals surface area contributed by atoms with Crippen molar-refractivity contribution in [3.05, 3.63) is 0 Å². The molecule has 0 radical (unpaired) electrons. The summed E-state index contributed by atoms with van der Waals surface area (Å²) in [5, 5.41) is 9.66. The molecule has 0 aliphatic carbocycles. The molecule has 2 saturated heterocycles. The number of rotatable bonds is 4. The van der Waals surface area contributed by atoms with Crippen LogP contribution in [-0.2, 0) is 9.47 Å². The number of hydrogen-bond acceptors (Lipinski definition) is 4. The number of methoxy groups -OCH3 is 1. The summed E-state index contributed by atoms with van der Waals surface area (Å²) < 4.78 is 11.0. The van der Waals surface area contributed by atoms with E-state index < -0.39 is 0 Å². The van der Waals surface area contributed by atoms with Gasteiger partial charge in [0.2, 0.25) is 0 Å². The molecule has 4 nitrogen and oxygen atoms in total. The molecule has 2 aliphatic rings. The van der Waals surface area contributed by atoms with Crippen molar-refractivity contribution in [2.24, 2.45) is 5.41 Å². The molecule has 0 amide bonds. The van der Waals surface area contributed by atoms with Gasteiger partial charge in [-0.1, -0.05) is 0 Å². The summed E-state index contributed by atoms with van der Waals surface area (Å²) in [7, 11) is 1.79. The third kappa shape index (κ3) is 3.41. The van der Waals surface area contributed by atoms with E-state index in [1.54, 1.807) is 7.11 Å². The number of hydrogen-bond donors (Lipinski definition) is 1. The van der Waals surface area contributed by atoms with Crippen molar-refractivity contribution in [1.82, 2.24) is 4.90 Å². The minimum Gasteiger partial charge on any atom is -0.396 e. The smallest absolute Gasteiger partial charge is 0.0698 e. The number of aliphatic hydroxyl groups excluding tert-OH is 1. The maximum Gasteiger partial charge on any atom is 0.0698 e. The summed E-state index contributed by atoms with van der Waals surface area (Å²) in [4.78, 5) is 2.43. The molecule has 2 fully saturated rings. The van der Waals surface area contributed by atoms with Gasteiger partial charge >= 0.3 is 0 Å². The summed E-state index contributed by atoms with van der Waals surface area (Å²) in [6.45, 7) is 4.87. The molecule has 0 aromatic heterocycles. The predicted molar refractivity (Wildman–Crippen MR) is 66.0 cm³/mol. The molecular weight excluding hydrogens is 218 g/mol. The molecule has 2 unspecified atom stereocenters. The highest BCUT2D eigenvalue weighted by atomic mass is 16.5. The monoisotopic (exact) mass is 243 g/mol. The van der Waals surface area contributed by atoms with Crippen molar-refractivity contribution in [2.75, 3.05) is 46.6 Å². The Bertz CT molecular complexity index is 229. The first-order chi connectivity index (χ1) is 8.28. The van der Waals surface area contributed by atoms with E-state index in [0.717, 1.165) is 45.5 Å². The van der Waals surface area contributed by atoms with Crippen molar-refractivity contribution < 1.29 is 14.6 Å². The van der Waals surface area contributed by atoms with E-state index in [1.165, 1.54) is 6.42 Å². The molecule has 0 saturated carbocycles. The highest BCUT2D eigenvalue weighted by molar-refractivity contribution is 4.86. The Hall–Kier alpha value is -0.160. The first kappa shape index (κ1) is 13.3. The summed E-state index contributed by atoms with van der Waals surface area (Å²) >= 11 is 0. The molecule has 0 bridgehead atoms. The zero-order valence-corrected chi connectivity index (χ0v) is 10.9. The van der Waals surface area contributed by atoms with E-state index in [9.17, 15) is 5.11 Å². The quantitative estimate of drug-likeness (QED) is 0.796. The van der Waals surface area contributed by atoms with E-state index in [1.807, 2.05) is 0 Å². The van der Waals surface area contributed by atoms with Gasteiger partial charge in [0.15, 0.2) is 0 Å². The Morgan fingerprint density at radius 1 is 1.47 bits per heavy atom. The van der Waals surface area contributed by atoms with Crippen molar-refractivity contribution in [1.29, 1.82) is 0 Å². The average molecular weight is 243 g/mol. The van der Waals surface area contributed by atoms with Crippen LogP contribution in [0, 0.1) is 5.41 Å². The molecule has 2 heterocycles. The Morgan fingerprint density at radius 3 is 3.00 bits per heavy atom. The third-order valence-corrected chi connectivity index (χ3v) is 4.09. The Labute approximate surface area is 104 Å². The molecule has 0 aromatic carbocycles. The number of aliphatic hydroxyl groups is 1. The van der Waals surface area contributed by atoms with E-state index >= 15 is 0 Å². The SMILES string of the molecule is COC1CCCN(CC2(CO)CCCOC2)C1. The zero-order valence-electron chi connectivity index (χ0n) is 10.9. The van der Waals surface area contributed by atoms with Gasteiger partial charge in [-0.15, -0.1) is 0 Å².